The monoisotopic (exact) mass is 214 g/mol. The maximum Gasteiger partial charge on any atom is 0.135 e. The third-order valence-electron chi connectivity index (χ3n) is 2.46. The maximum atomic E-state index is 11.0. The fourth-order valence-corrected chi connectivity index (χ4v) is 1.69. The number of rotatable bonds is 3. The molecule has 1 aromatic heterocycles. The summed E-state index contributed by atoms with van der Waals surface area (Å²) in [5.74, 6) is 0.134. The number of carbonyl (C=O) groups excluding carboxylic acids is 1. The van der Waals surface area contributed by atoms with Crippen molar-refractivity contribution >= 4 is 5.78 Å². The molecule has 0 unspecified atom stereocenters. The van der Waals surface area contributed by atoms with Crippen molar-refractivity contribution in [2.45, 2.75) is 20.3 Å². The van der Waals surface area contributed by atoms with E-state index in [9.17, 15) is 4.79 Å². The van der Waals surface area contributed by atoms with Gasteiger partial charge in [0.1, 0.15) is 5.78 Å². The number of hydrogen-bond donors (Lipinski definition) is 0. The highest BCUT2D eigenvalue weighted by Gasteiger charge is 2.04. The van der Waals surface area contributed by atoms with E-state index in [-0.39, 0.29) is 5.78 Å². The van der Waals surface area contributed by atoms with Gasteiger partial charge in [0.2, 0.25) is 0 Å². The molecule has 0 aliphatic heterocycles. The molecule has 1 aromatic carbocycles. The molecule has 0 radical (unpaired) electrons. The molecule has 0 saturated carbocycles. The first-order chi connectivity index (χ1) is 7.66. The van der Waals surface area contributed by atoms with Gasteiger partial charge in [-0.3, -0.25) is 4.79 Å². The number of hydrogen-bond acceptors (Lipinski definition) is 2. The van der Waals surface area contributed by atoms with Crippen molar-refractivity contribution in [1.82, 2.24) is 9.55 Å². The van der Waals surface area contributed by atoms with Gasteiger partial charge in [0, 0.05) is 18.3 Å². The lowest BCUT2D eigenvalue weighted by atomic mass is 10.2. The van der Waals surface area contributed by atoms with E-state index in [1.54, 1.807) is 13.3 Å². The Morgan fingerprint density at radius 1 is 1.38 bits per heavy atom. The smallest absolute Gasteiger partial charge is 0.135 e. The largest absolute Gasteiger partial charge is 0.306 e. The van der Waals surface area contributed by atoms with Crippen molar-refractivity contribution in [2.24, 2.45) is 0 Å². The lowest BCUT2D eigenvalue weighted by Gasteiger charge is -2.04. The van der Waals surface area contributed by atoms with Gasteiger partial charge in [-0.05, 0) is 25.5 Å². The molecule has 2 aromatic rings. The van der Waals surface area contributed by atoms with Crippen LogP contribution in [-0.2, 0) is 11.2 Å². The van der Waals surface area contributed by atoms with Crippen LogP contribution in [0.4, 0.5) is 0 Å². The molecule has 2 rings (SSSR count). The van der Waals surface area contributed by atoms with Crippen LogP contribution in [0.1, 0.15) is 18.2 Å². The molecule has 16 heavy (non-hydrogen) atoms. The van der Waals surface area contributed by atoms with Gasteiger partial charge in [0.15, 0.2) is 0 Å². The van der Waals surface area contributed by atoms with Crippen molar-refractivity contribution < 1.29 is 4.79 Å². The Morgan fingerprint density at radius 3 is 2.81 bits per heavy atom. The van der Waals surface area contributed by atoms with Crippen LogP contribution >= 0.6 is 0 Å². The molecular formula is C13H14N2O. The quantitative estimate of drug-likeness (QED) is 0.785. The molecule has 3 nitrogen and oxygen atoms in total. The zero-order valence-corrected chi connectivity index (χ0v) is 9.47. The van der Waals surface area contributed by atoms with Crippen LogP contribution in [-0.4, -0.2) is 15.3 Å². The van der Waals surface area contributed by atoms with E-state index in [1.807, 2.05) is 29.0 Å². The zero-order chi connectivity index (χ0) is 11.5. The average Bonchev–Trinajstić information content (AvgIpc) is 2.66. The number of ketones is 1. The van der Waals surface area contributed by atoms with E-state index in [2.05, 4.69) is 18.0 Å². The van der Waals surface area contributed by atoms with Gasteiger partial charge in [-0.1, -0.05) is 18.2 Å². The summed E-state index contributed by atoms with van der Waals surface area (Å²) >= 11 is 0. The third kappa shape index (κ3) is 2.19. The van der Waals surface area contributed by atoms with Crippen molar-refractivity contribution in [3.63, 3.8) is 0 Å². The molecule has 0 atom stereocenters. The van der Waals surface area contributed by atoms with E-state index in [0.717, 1.165) is 11.4 Å². The van der Waals surface area contributed by atoms with Crippen LogP contribution in [0.25, 0.3) is 5.69 Å². The summed E-state index contributed by atoms with van der Waals surface area (Å²) < 4.78 is 1.95. The third-order valence-corrected chi connectivity index (χ3v) is 2.46. The standard InChI is InChI=1S/C13H14N2O/c1-10-5-3-4-6-13(10)15-8-12(14-9-15)7-11(2)16/h3-6,8-9H,7H2,1-2H3. The Balaban J connectivity index is 2.32. The summed E-state index contributed by atoms with van der Waals surface area (Å²) in [4.78, 5) is 15.2. The second kappa shape index (κ2) is 4.31. The van der Waals surface area contributed by atoms with Crippen LogP contribution in [0.15, 0.2) is 36.8 Å². The number of benzene rings is 1. The second-order valence-electron chi connectivity index (χ2n) is 3.94. The highest BCUT2D eigenvalue weighted by molar-refractivity contribution is 5.77. The molecule has 0 aliphatic rings. The SMILES string of the molecule is CC(=O)Cc1cn(-c2ccccc2C)cn1. The first-order valence-corrected chi connectivity index (χ1v) is 5.25. The fraction of sp³-hybridized carbons (Fsp3) is 0.231. The number of imidazole rings is 1. The number of nitrogens with zero attached hydrogens (tertiary/aromatic N) is 2. The summed E-state index contributed by atoms with van der Waals surface area (Å²) in [6.07, 6.45) is 4.06. The van der Waals surface area contributed by atoms with Crippen molar-refractivity contribution in [3.8, 4) is 5.69 Å². The van der Waals surface area contributed by atoms with Gasteiger partial charge in [-0.2, -0.15) is 0 Å². The zero-order valence-electron chi connectivity index (χ0n) is 9.47. The number of aryl methyl sites for hydroxylation is 1. The van der Waals surface area contributed by atoms with Crippen molar-refractivity contribution in [3.05, 3.63) is 48.0 Å². The normalized spacial score (nSPS) is 10.4. The first kappa shape index (κ1) is 10.6. The Labute approximate surface area is 94.7 Å². The molecule has 0 amide bonds. The summed E-state index contributed by atoms with van der Waals surface area (Å²) in [6.45, 7) is 3.63. The predicted octanol–water partition coefficient (Wildman–Crippen LogP) is 2.31. The molecule has 0 bridgehead atoms. The van der Waals surface area contributed by atoms with E-state index in [1.165, 1.54) is 5.56 Å². The van der Waals surface area contributed by atoms with E-state index >= 15 is 0 Å². The molecule has 82 valence electrons. The minimum Gasteiger partial charge on any atom is -0.306 e. The summed E-state index contributed by atoms with van der Waals surface area (Å²) in [6, 6.07) is 8.09. The Morgan fingerprint density at radius 2 is 2.12 bits per heavy atom. The van der Waals surface area contributed by atoms with Crippen molar-refractivity contribution in [2.75, 3.05) is 0 Å². The molecule has 0 spiro atoms. The minimum atomic E-state index is 0.134. The lowest BCUT2D eigenvalue weighted by molar-refractivity contribution is -0.116. The predicted molar refractivity (Wildman–Crippen MR) is 62.7 cm³/mol. The number of para-hydroxylation sites is 1. The maximum absolute atomic E-state index is 11.0. The van der Waals surface area contributed by atoms with Gasteiger partial charge in [-0.15, -0.1) is 0 Å². The van der Waals surface area contributed by atoms with Gasteiger partial charge in [-0.25, -0.2) is 4.98 Å². The number of aromatic nitrogens is 2. The summed E-state index contributed by atoms with van der Waals surface area (Å²) in [5.41, 5.74) is 3.11. The van der Waals surface area contributed by atoms with E-state index in [4.69, 9.17) is 0 Å². The molecule has 3 heteroatoms. The van der Waals surface area contributed by atoms with Crippen LogP contribution in [0.5, 0.6) is 0 Å². The first-order valence-electron chi connectivity index (χ1n) is 5.25. The van der Waals surface area contributed by atoms with Gasteiger partial charge in [0.25, 0.3) is 0 Å². The Hall–Kier alpha value is -1.90. The average molecular weight is 214 g/mol. The molecule has 0 aliphatic carbocycles. The van der Waals surface area contributed by atoms with Crippen molar-refractivity contribution in [1.29, 1.82) is 0 Å². The van der Waals surface area contributed by atoms with Crippen LogP contribution < -0.4 is 0 Å². The number of Topliss-reactive ketones (excluding diaryl/α,β-unsaturated/α-hetero) is 1. The fourth-order valence-electron chi connectivity index (χ4n) is 1.69. The Kier molecular flexibility index (Phi) is 2.86. The van der Waals surface area contributed by atoms with Gasteiger partial charge < -0.3 is 4.57 Å². The second-order valence-corrected chi connectivity index (χ2v) is 3.94. The highest BCUT2D eigenvalue weighted by Crippen LogP contribution is 2.13. The molecular weight excluding hydrogens is 200 g/mol. The summed E-state index contributed by atoms with van der Waals surface area (Å²) in [5, 5.41) is 0. The molecule has 0 N–H and O–H groups in total. The highest BCUT2D eigenvalue weighted by atomic mass is 16.1. The topological polar surface area (TPSA) is 34.9 Å². The van der Waals surface area contributed by atoms with Gasteiger partial charge >= 0.3 is 0 Å². The van der Waals surface area contributed by atoms with Crippen LogP contribution in [0, 0.1) is 6.92 Å². The number of carbonyl (C=O) groups is 1. The molecule has 0 saturated heterocycles. The molecule has 0 fully saturated rings. The molecule has 1 heterocycles. The van der Waals surface area contributed by atoms with E-state index < -0.39 is 0 Å². The minimum absolute atomic E-state index is 0.134. The van der Waals surface area contributed by atoms with E-state index in [0.29, 0.717) is 6.42 Å². The van der Waals surface area contributed by atoms with Crippen LogP contribution in [0.3, 0.4) is 0 Å². The van der Waals surface area contributed by atoms with Gasteiger partial charge in [0.05, 0.1) is 12.0 Å². The van der Waals surface area contributed by atoms with Crippen LogP contribution in [0.2, 0.25) is 0 Å². The Bertz CT molecular complexity index is 514. The summed E-state index contributed by atoms with van der Waals surface area (Å²) in [7, 11) is 0. The lowest BCUT2D eigenvalue weighted by Crippen LogP contribution is -1.96.